The number of aromatic nitrogens is 2. The molecule has 1 atom stereocenters. The van der Waals surface area contributed by atoms with Crippen LogP contribution in [-0.4, -0.2) is 42.2 Å². The van der Waals surface area contributed by atoms with Gasteiger partial charge >= 0.3 is 5.97 Å². The van der Waals surface area contributed by atoms with Crippen molar-refractivity contribution in [2.75, 3.05) is 20.3 Å². The highest BCUT2D eigenvalue weighted by Gasteiger charge is 2.16. The second-order valence-corrected chi connectivity index (χ2v) is 9.19. The van der Waals surface area contributed by atoms with Crippen molar-refractivity contribution < 1.29 is 19.0 Å². The topological polar surface area (TPSA) is 92.0 Å². The van der Waals surface area contributed by atoms with E-state index in [-0.39, 0.29) is 18.1 Å². The summed E-state index contributed by atoms with van der Waals surface area (Å²) in [5.74, 6) is 0.917. The molecule has 1 heterocycles. The molecule has 8 nitrogen and oxygen atoms in total. The van der Waals surface area contributed by atoms with E-state index in [1.807, 2.05) is 32.9 Å². The first-order valence-electron chi connectivity index (χ1n) is 10.7. The summed E-state index contributed by atoms with van der Waals surface area (Å²) >= 11 is 6.92. The van der Waals surface area contributed by atoms with E-state index in [1.54, 1.807) is 24.4 Å². The van der Waals surface area contributed by atoms with Crippen molar-refractivity contribution in [1.82, 2.24) is 9.66 Å². The Hall–Kier alpha value is -2.72. The van der Waals surface area contributed by atoms with Gasteiger partial charge in [-0.05, 0) is 59.6 Å². The molecule has 0 aliphatic rings. The summed E-state index contributed by atoms with van der Waals surface area (Å²) in [6, 6.07) is 8.83. The van der Waals surface area contributed by atoms with Gasteiger partial charge in [-0.2, -0.15) is 9.78 Å². The number of hydrogen-bond acceptors (Lipinski definition) is 7. The average Bonchev–Trinajstić information content (AvgIpc) is 2.83. The van der Waals surface area contributed by atoms with E-state index < -0.39 is 5.97 Å². The smallest absolute Gasteiger partial charge is 0.343 e. The minimum Gasteiger partial charge on any atom is -0.490 e. The molecule has 3 rings (SSSR count). The van der Waals surface area contributed by atoms with E-state index in [0.29, 0.717) is 44.9 Å². The Morgan fingerprint density at radius 2 is 1.91 bits per heavy atom. The zero-order valence-electron chi connectivity index (χ0n) is 19.3. The third-order valence-corrected chi connectivity index (χ3v) is 6.31. The molecule has 2 aromatic carbocycles. The molecule has 3 aromatic rings. The van der Waals surface area contributed by atoms with E-state index >= 15 is 0 Å². The number of hydrogen-bond donors (Lipinski definition) is 0. The minimum absolute atomic E-state index is 0.0226. The van der Waals surface area contributed by atoms with Gasteiger partial charge in [-0.1, -0.05) is 29.8 Å². The summed E-state index contributed by atoms with van der Waals surface area (Å²) in [5, 5.41) is 4.98. The molecule has 0 bridgehead atoms. The number of carbonyl (C=O) groups is 1. The number of nitrogens with zero attached hydrogens (tertiary/aromatic N) is 3. The van der Waals surface area contributed by atoms with Crippen LogP contribution in [0.3, 0.4) is 0 Å². The van der Waals surface area contributed by atoms with Gasteiger partial charge < -0.3 is 14.2 Å². The van der Waals surface area contributed by atoms with E-state index in [2.05, 4.69) is 41.7 Å². The van der Waals surface area contributed by atoms with E-state index in [0.717, 1.165) is 10.9 Å². The van der Waals surface area contributed by atoms with Gasteiger partial charge in [0.15, 0.2) is 18.1 Å². The maximum absolute atomic E-state index is 13.3. The van der Waals surface area contributed by atoms with Gasteiger partial charge in [0.2, 0.25) is 0 Å². The molecule has 0 aliphatic carbocycles. The zero-order valence-corrected chi connectivity index (χ0v) is 22.5. The van der Waals surface area contributed by atoms with Crippen molar-refractivity contribution in [3.63, 3.8) is 0 Å². The third kappa shape index (κ3) is 5.85. The van der Waals surface area contributed by atoms with Crippen LogP contribution in [0.2, 0.25) is 0 Å². The van der Waals surface area contributed by atoms with Crippen molar-refractivity contribution in [3.05, 3.63) is 61.0 Å². The Labute approximate surface area is 214 Å². The fraction of sp³-hybridized carbons (Fsp3) is 0.333. The lowest BCUT2D eigenvalue weighted by Gasteiger charge is -2.15. The fourth-order valence-corrected chi connectivity index (χ4v) is 3.91. The molecule has 0 aliphatic heterocycles. The first-order chi connectivity index (χ1) is 16.3. The summed E-state index contributed by atoms with van der Waals surface area (Å²) < 4.78 is 18.6. The van der Waals surface area contributed by atoms with Crippen molar-refractivity contribution in [1.29, 1.82) is 0 Å². The fourth-order valence-electron chi connectivity index (χ4n) is 3.13. The van der Waals surface area contributed by atoms with Gasteiger partial charge in [0.25, 0.3) is 5.56 Å². The summed E-state index contributed by atoms with van der Waals surface area (Å²) in [6.07, 6.45) is 2.36. The standard InChI is InChI=1S/C24H25Br2N3O5/c1-5-14(3)23-28-19-8-7-16(25)10-17(19)24(31)29(23)27-12-15-9-20(33-6-2)21(11-18(15)26)34-13-22(30)32-4/h7-12,14H,5-6,13H2,1-4H3/t14-/m0/s1. The number of fused-ring (bicyclic) bond motifs is 1. The van der Waals surface area contributed by atoms with Crippen LogP contribution in [0, 0.1) is 0 Å². The number of esters is 1. The Kier molecular flexibility index (Phi) is 8.84. The molecule has 10 heteroatoms. The highest BCUT2D eigenvalue weighted by Crippen LogP contribution is 2.33. The summed E-state index contributed by atoms with van der Waals surface area (Å²) in [5.41, 5.74) is 1.03. The second kappa shape index (κ2) is 11.6. The number of halogens is 2. The minimum atomic E-state index is -0.503. The lowest BCUT2D eigenvalue weighted by molar-refractivity contribution is -0.142. The second-order valence-electron chi connectivity index (χ2n) is 7.42. The number of ether oxygens (including phenoxy) is 3. The van der Waals surface area contributed by atoms with Crippen LogP contribution in [0.4, 0.5) is 0 Å². The molecule has 0 N–H and O–H groups in total. The molecule has 0 saturated carbocycles. The average molecular weight is 595 g/mol. The largest absolute Gasteiger partial charge is 0.490 e. The van der Waals surface area contributed by atoms with Crippen LogP contribution in [0.25, 0.3) is 10.9 Å². The molecule has 0 saturated heterocycles. The molecule has 180 valence electrons. The van der Waals surface area contributed by atoms with Gasteiger partial charge in [-0.3, -0.25) is 4.79 Å². The third-order valence-electron chi connectivity index (χ3n) is 5.13. The summed E-state index contributed by atoms with van der Waals surface area (Å²) in [7, 11) is 1.29. The Bertz CT molecular complexity index is 1290. The first kappa shape index (κ1) is 25.9. The van der Waals surface area contributed by atoms with Crippen LogP contribution < -0.4 is 15.0 Å². The quantitative estimate of drug-likeness (QED) is 0.248. The first-order valence-corrected chi connectivity index (χ1v) is 12.3. The van der Waals surface area contributed by atoms with Crippen molar-refractivity contribution in [2.45, 2.75) is 33.1 Å². The maximum Gasteiger partial charge on any atom is 0.343 e. The monoisotopic (exact) mass is 593 g/mol. The molecular formula is C24H25Br2N3O5. The number of rotatable bonds is 9. The highest BCUT2D eigenvalue weighted by atomic mass is 79.9. The highest BCUT2D eigenvalue weighted by molar-refractivity contribution is 9.10. The zero-order chi connectivity index (χ0) is 24.8. The normalized spacial score (nSPS) is 12.2. The van der Waals surface area contributed by atoms with Crippen LogP contribution in [0.5, 0.6) is 11.5 Å². The summed E-state index contributed by atoms with van der Waals surface area (Å²) in [4.78, 5) is 29.5. The molecule has 0 fully saturated rings. The SMILES string of the molecule is CCOc1cc(C=Nn2c([C@@H](C)CC)nc3ccc(Br)cc3c2=O)c(Br)cc1OCC(=O)OC. The van der Waals surface area contributed by atoms with Gasteiger partial charge in [-0.15, -0.1) is 0 Å². The van der Waals surface area contributed by atoms with Gasteiger partial charge in [0.1, 0.15) is 5.82 Å². The predicted molar refractivity (Wildman–Crippen MR) is 138 cm³/mol. The lowest BCUT2D eigenvalue weighted by Crippen LogP contribution is -2.23. The molecule has 0 unspecified atom stereocenters. The van der Waals surface area contributed by atoms with Crippen LogP contribution in [0.1, 0.15) is 44.5 Å². The molecule has 1 aromatic heterocycles. The number of carbonyl (C=O) groups excluding carboxylic acids is 1. The van der Waals surface area contributed by atoms with E-state index in [9.17, 15) is 9.59 Å². The van der Waals surface area contributed by atoms with Crippen LogP contribution in [-0.2, 0) is 9.53 Å². The Balaban J connectivity index is 2.08. The van der Waals surface area contributed by atoms with E-state index in [4.69, 9.17) is 14.5 Å². The van der Waals surface area contributed by atoms with Crippen molar-refractivity contribution in [3.8, 4) is 11.5 Å². The predicted octanol–water partition coefficient (Wildman–Crippen LogP) is 5.27. The van der Waals surface area contributed by atoms with Crippen molar-refractivity contribution >= 4 is 54.9 Å². The molecule has 34 heavy (non-hydrogen) atoms. The number of methoxy groups -OCH3 is 1. The maximum atomic E-state index is 13.3. The van der Waals surface area contributed by atoms with Gasteiger partial charge in [0.05, 0.1) is 30.8 Å². The van der Waals surface area contributed by atoms with Gasteiger partial charge in [0, 0.05) is 20.4 Å². The molecule has 0 radical (unpaired) electrons. The van der Waals surface area contributed by atoms with Crippen LogP contribution >= 0.6 is 31.9 Å². The van der Waals surface area contributed by atoms with Gasteiger partial charge in [-0.25, -0.2) is 9.78 Å². The Morgan fingerprint density at radius 3 is 2.59 bits per heavy atom. The number of benzene rings is 2. The molecule has 0 spiro atoms. The Morgan fingerprint density at radius 1 is 1.18 bits per heavy atom. The lowest BCUT2D eigenvalue weighted by atomic mass is 10.1. The summed E-state index contributed by atoms with van der Waals surface area (Å²) in [6.45, 7) is 6.04. The molecular weight excluding hydrogens is 570 g/mol. The van der Waals surface area contributed by atoms with Crippen LogP contribution in [0.15, 0.2) is 49.2 Å². The van der Waals surface area contributed by atoms with E-state index in [1.165, 1.54) is 11.8 Å². The van der Waals surface area contributed by atoms with Crippen molar-refractivity contribution in [2.24, 2.45) is 5.10 Å². The molecule has 0 amide bonds.